The number of nitrogens with zero attached hydrogens (tertiary/aromatic N) is 3. The number of hydrogen-bond donors (Lipinski definition) is 0. The van der Waals surface area contributed by atoms with Crippen LogP contribution in [0.1, 0.15) is 62.0 Å². The average molecular weight is 366 g/mol. The fraction of sp³-hybridized carbons (Fsp3) is 0.625. The van der Waals surface area contributed by atoms with E-state index in [-0.39, 0.29) is 5.41 Å². The molecule has 2 fully saturated rings. The normalized spacial score (nSPS) is 19.2. The predicted molar refractivity (Wildman–Crippen MR) is 88.9 cm³/mol. The summed E-state index contributed by atoms with van der Waals surface area (Å²) in [6.07, 6.45) is 5.31. The van der Waals surface area contributed by atoms with Crippen molar-refractivity contribution in [2.24, 2.45) is 5.92 Å². The summed E-state index contributed by atoms with van der Waals surface area (Å²) in [6.45, 7) is 5.66. The van der Waals surface area contributed by atoms with E-state index in [4.69, 9.17) is 0 Å². The molecule has 0 unspecified atom stereocenters. The van der Waals surface area contributed by atoms with Gasteiger partial charge in [-0.3, -0.25) is 0 Å². The smallest absolute Gasteiger partial charge is 0.143 e. The highest BCUT2D eigenvalue weighted by Gasteiger charge is 2.37. The van der Waals surface area contributed by atoms with Crippen LogP contribution in [0.4, 0.5) is 0 Å². The van der Waals surface area contributed by atoms with Gasteiger partial charge >= 0.3 is 0 Å². The molecule has 21 heavy (non-hydrogen) atoms. The summed E-state index contributed by atoms with van der Waals surface area (Å²) >= 11 is 5.38. The van der Waals surface area contributed by atoms with E-state index in [1.807, 2.05) is 0 Å². The van der Waals surface area contributed by atoms with Gasteiger partial charge in [-0.05, 0) is 73.5 Å². The number of halogens is 1. The van der Waals surface area contributed by atoms with Crippen molar-refractivity contribution in [1.29, 1.82) is 0 Å². The lowest BCUT2D eigenvalue weighted by molar-refractivity contribution is 0.505. The molecule has 0 saturated heterocycles. The van der Waals surface area contributed by atoms with Crippen LogP contribution < -0.4 is 0 Å². The van der Waals surface area contributed by atoms with Gasteiger partial charge in [-0.25, -0.2) is 0 Å². The van der Waals surface area contributed by atoms with Crippen molar-refractivity contribution in [1.82, 2.24) is 14.8 Å². The van der Waals surface area contributed by atoms with E-state index in [1.54, 1.807) is 11.3 Å². The molecule has 2 aliphatic rings. The van der Waals surface area contributed by atoms with Crippen LogP contribution >= 0.6 is 27.3 Å². The lowest BCUT2D eigenvalue weighted by Crippen LogP contribution is -2.24. The topological polar surface area (TPSA) is 30.7 Å². The van der Waals surface area contributed by atoms with E-state index in [1.165, 1.54) is 40.2 Å². The fourth-order valence-electron chi connectivity index (χ4n) is 2.92. The average Bonchev–Trinajstić information content (AvgIpc) is 3.35. The van der Waals surface area contributed by atoms with Crippen molar-refractivity contribution in [2.45, 2.75) is 57.4 Å². The molecular weight excluding hydrogens is 346 g/mol. The molecule has 2 aromatic rings. The first-order valence-corrected chi connectivity index (χ1v) is 9.36. The molecule has 3 nitrogen and oxygen atoms in total. The maximum atomic E-state index is 4.62. The van der Waals surface area contributed by atoms with Gasteiger partial charge in [0.15, 0.2) is 0 Å². The van der Waals surface area contributed by atoms with Crippen LogP contribution in [0.3, 0.4) is 0 Å². The summed E-state index contributed by atoms with van der Waals surface area (Å²) in [4.78, 5) is 1.35. The highest BCUT2D eigenvalue weighted by atomic mass is 79.9. The summed E-state index contributed by atoms with van der Waals surface area (Å²) in [5.41, 5.74) is -0.0777. The molecule has 0 aromatic carbocycles. The van der Waals surface area contributed by atoms with Crippen molar-refractivity contribution < 1.29 is 0 Å². The summed E-state index contributed by atoms with van der Waals surface area (Å²) in [5, 5.41) is 9.18. The molecule has 2 aromatic heterocycles. The molecule has 0 N–H and O–H groups in total. The van der Waals surface area contributed by atoms with Crippen LogP contribution in [0.25, 0.3) is 0 Å². The minimum Gasteiger partial charge on any atom is -0.314 e. The van der Waals surface area contributed by atoms with Crippen LogP contribution in [-0.2, 0) is 12.0 Å². The van der Waals surface area contributed by atoms with Gasteiger partial charge in [0.2, 0.25) is 0 Å². The van der Waals surface area contributed by atoms with Crippen molar-refractivity contribution in [3.63, 3.8) is 0 Å². The van der Waals surface area contributed by atoms with Gasteiger partial charge in [0, 0.05) is 17.3 Å². The Morgan fingerprint density at radius 2 is 2.00 bits per heavy atom. The van der Waals surface area contributed by atoms with Gasteiger partial charge in [-0.15, -0.1) is 21.5 Å². The molecule has 0 bridgehead atoms. The summed E-state index contributed by atoms with van der Waals surface area (Å²) < 4.78 is 3.63. The standard InChI is InChI=1S/C16H20BrN3S/c1-16(2,12-7-8-13(17)21-12)15-19-18-14(11-5-6-11)20(15)9-10-3-4-10/h7-8,10-11H,3-6,9H2,1-2H3. The van der Waals surface area contributed by atoms with Crippen molar-refractivity contribution in [3.8, 4) is 0 Å². The molecule has 2 aliphatic carbocycles. The van der Waals surface area contributed by atoms with Crippen LogP contribution in [0.15, 0.2) is 15.9 Å². The van der Waals surface area contributed by atoms with Gasteiger partial charge in [0.05, 0.1) is 9.20 Å². The Labute approximate surface area is 137 Å². The van der Waals surface area contributed by atoms with Crippen molar-refractivity contribution >= 4 is 27.3 Å². The maximum absolute atomic E-state index is 4.62. The largest absolute Gasteiger partial charge is 0.314 e. The first kappa shape index (κ1) is 13.9. The van der Waals surface area contributed by atoms with E-state index in [0.717, 1.165) is 18.3 Å². The van der Waals surface area contributed by atoms with E-state index in [2.05, 4.69) is 56.7 Å². The van der Waals surface area contributed by atoms with E-state index < -0.39 is 0 Å². The zero-order valence-electron chi connectivity index (χ0n) is 12.5. The minimum absolute atomic E-state index is 0.0777. The van der Waals surface area contributed by atoms with Crippen molar-refractivity contribution in [3.05, 3.63) is 32.4 Å². The molecule has 0 amide bonds. The van der Waals surface area contributed by atoms with Crippen LogP contribution in [0.5, 0.6) is 0 Å². The van der Waals surface area contributed by atoms with E-state index in [0.29, 0.717) is 5.92 Å². The highest BCUT2D eigenvalue weighted by Crippen LogP contribution is 2.44. The SMILES string of the molecule is CC(C)(c1ccc(Br)s1)c1nnc(C2CC2)n1CC1CC1. The monoisotopic (exact) mass is 365 g/mol. The molecule has 5 heteroatoms. The number of thiophene rings is 1. The number of rotatable bonds is 5. The van der Waals surface area contributed by atoms with Gasteiger partial charge in [-0.1, -0.05) is 0 Å². The van der Waals surface area contributed by atoms with Gasteiger partial charge in [-0.2, -0.15) is 0 Å². The maximum Gasteiger partial charge on any atom is 0.143 e. The van der Waals surface area contributed by atoms with Crippen LogP contribution in [0, 0.1) is 5.92 Å². The van der Waals surface area contributed by atoms with Gasteiger partial charge < -0.3 is 4.57 Å². The van der Waals surface area contributed by atoms with Crippen LogP contribution in [-0.4, -0.2) is 14.8 Å². The Balaban J connectivity index is 1.75. The summed E-state index contributed by atoms with van der Waals surface area (Å²) in [7, 11) is 0. The second-order valence-corrected chi connectivity index (χ2v) is 9.40. The van der Waals surface area contributed by atoms with Gasteiger partial charge in [0.25, 0.3) is 0 Å². The summed E-state index contributed by atoms with van der Waals surface area (Å²) in [5.74, 6) is 3.89. The molecule has 4 rings (SSSR count). The van der Waals surface area contributed by atoms with Crippen molar-refractivity contribution in [2.75, 3.05) is 0 Å². The molecule has 112 valence electrons. The first-order valence-electron chi connectivity index (χ1n) is 7.75. The molecule has 2 heterocycles. The fourth-order valence-corrected chi connectivity index (χ4v) is 4.40. The molecule has 0 aliphatic heterocycles. The molecule has 0 spiro atoms. The molecular formula is C16H20BrN3S. The molecule has 0 atom stereocenters. The van der Waals surface area contributed by atoms with Gasteiger partial charge in [0.1, 0.15) is 11.6 Å². The van der Waals surface area contributed by atoms with Crippen LogP contribution in [0.2, 0.25) is 0 Å². The number of hydrogen-bond acceptors (Lipinski definition) is 3. The number of aromatic nitrogens is 3. The summed E-state index contributed by atoms with van der Waals surface area (Å²) in [6, 6.07) is 4.34. The second-order valence-electron chi connectivity index (χ2n) is 6.94. The Morgan fingerprint density at radius 3 is 2.57 bits per heavy atom. The quantitative estimate of drug-likeness (QED) is 0.767. The lowest BCUT2D eigenvalue weighted by Gasteiger charge is -2.24. The first-order chi connectivity index (χ1) is 10.1. The Hall–Kier alpha value is -0.680. The second kappa shape index (κ2) is 4.92. The molecule has 2 saturated carbocycles. The van der Waals surface area contributed by atoms with E-state index in [9.17, 15) is 0 Å². The zero-order chi connectivity index (χ0) is 14.6. The Morgan fingerprint density at radius 1 is 1.24 bits per heavy atom. The highest BCUT2D eigenvalue weighted by molar-refractivity contribution is 9.11. The Bertz CT molecular complexity index is 665. The van der Waals surface area contributed by atoms with E-state index >= 15 is 0 Å². The Kier molecular flexibility index (Phi) is 3.26. The molecule has 0 radical (unpaired) electrons. The lowest BCUT2D eigenvalue weighted by atomic mass is 9.90. The minimum atomic E-state index is -0.0777. The zero-order valence-corrected chi connectivity index (χ0v) is 14.9. The third-order valence-electron chi connectivity index (χ3n) is 4.61. The predicted octanol–water partition coefficient (Wildman–Crippen LogP) is 4.72. The third-order valence-corrected chi connectivity index (χ3v) is 6.56. The third kappa shape index (κ3) is 2.59.